The summed E-state index contributed by atoms with van der Waals surface area (Å²) in [6.45, 7) is 2.39. The molecule has 2 aliphatic rings. The van der Waals surface area contributed by atoms with E-state index in [1.54, 1.807) is 0 Å². The largest absolute Gasteiger partial charge is 0.351 e. The number of amides is 2. The van der Waals surface area contributed by atoms with Crippen LogP contribution in [0, 0.1) is 0 Å². The fourth-order valence-electron chi connectivity index (χ4n) is 4.36. The van der Waals surface area contributed by atoms with Gasteiger partial charge in [-0.25, -0.2) is 0 Å². The number of fused-ring (bicyclic) bond motifs is 1. The third-order valence-corrected chi connectivity index (χ3v) is 7.00. The minimum Gasteiger partial charge on any atom is -0.351 e. The first-order valence-electron chi connectivity index (χ1n) is 10.6. The topological polar surface area (TPSA) is 49.4 Å². The molecule has 152 valence electrons. The molecule has 4 nitrogen and oxygen atoms in total. The average Bonchev–Trinajstić information content (AvgIpc) is 3.31. The second-order valence-electron chi connectivity index (χ2n) is 7.87. The summed E-state index contributed by atoms with van der Waals surface area (Å²) in [5.41, 5.74) is 3.45. The molecular formula is C24H28N2O2S. The number of benzene rings is 2. The van der Waals surface area contributed by atoms with Crippen LogP contribution in [0.5, 0.6) is 0 Å². The molecule has 0 aromatic heterocycles. The summed E-state index contributed by atoms with van der Waals surface area (Å²) < 4.78 is 0. The molecule has 2 aromatic rings. The maximum absolute atomic E-state index is 12.9. The van der Waals surface area contributed by atoms with E-state index in [0.717, 1.165) is 43.7 Å². The van der Waals surface area contributed by atoms with Crippen LogP contribution in [0.15, 0.2) is 53.4 Å². The second-order valence-corrected chi connectivity index (χ2v) is 8.89. The van der Waals surface area contributed by atoms with Crippen molar-refractivity contribution in [3.05, 3.63) is 65.2 Å². The summed E-state index contributed by atoms with van der Waals surface area (Å²) in [6.07, 6.45) is 5.60. The Morgan fingerprint density at radius 1 is 1.00 bits per heavy atom. The van der Waals surface area contributed by atoms with Gasteiger partial charge in [-0.15, -0.1) is 11.8 Å². The lowest BCUT2D eigenvalue weighted by Gasteiger charge is -2.25. The van der Waals surface area contributed by atoms with Crippen molar-refractivity contribution < 1.29 is 9.59 Å². The third-order valence-electron chi connectivity index (χ3n) is 5.94. The Kier molecular flexibility index (Phi) is 6.55. The van der Waals surface area contributed by atoms with Crippen LogP contribution in [0.2, 0.25) is 0 Å². The minimum absolute atomic E-state index is 0.0511. The molecule has 1 unspecified atom stereocenters. The van der Waals surface area contributed by atoms with Crippen LogP contribution in [-0.4, -0.2) is 42.1 Å². The lowest BCUT2D eigenvalue weighted by Crippen LogP contribution is -2.30. The third kappa shape index (κ3) is 4.84. The standard InChI is InChI=1S/C24H28N2O2S/c27-23(26-14-5-6-15-26)17-29-22-13-4-3-12-21(22)24(28)25-16-19-10-7-9-18-8-1-2-11-20(18)19/h1-4,8,11-13,19H,5-7,9-10,14-17H2,(H,25,28). The average molecular weight is 409 g/mol. The smallest absolute Gasteiger partial charge is 0.252 e. The highest BCUT2D eigenvalue weighted by molar-refractivity contribution is 8.00. The Balaban J connectivity index is 1.37. The van der Waals surface area contributed by atoms with E-state index in [2.05, 4.69) is 29.6 Å². The monoisotopic (exact) mass is 408 g/mol. The molecule has 29 heavy (non-hydrogen) atoms. The SMILES string of the molecule is O=C(NCC1CCCc2ccccc21)c1ccccc1SCC(=O)N1CCCC1. The second kappa shape index (κ2) is 9.49. The van der Waals surface area contributed by atoms with E-state index in [-0.39, 0.29) is 11.8 Å². The maximum Gasteiger partial charge on any atom is 0.252 e. The summed E-state index contributed by atoms with van der Waals surface area (Å²) >= 11 is 1.47. The summed E-state index contributed by atoms with van der Waals surface area (Å²) in [5.74, 6) is 0.882. The molecule has 4 rings (SSSR count). The van der Waals surface area contributed by atoms with Crippen LogP contribution in [-0.2, 0) is 11.2 Å². The number of carbonyl (C=O) groups excluding carboxylic acids is 2. The van der Waals surface area contributed by atoms with Gasteiger partial charge >= 0.3 is 0 Å². The van der Waals surface area contributed by atoms with Gasteiger partial charge in [0.15, 0.2) is 0 Å². The minimum atomic E-state index is -0.0511. The first-order valence-corrected chi connectivity index (χ1v) is 11.6. The molecule has 1 N–H and O–H groups in total. The Morgan fingerprint density at radius 2 is 1.76 bits per heavy atom. The van der Waals surface area contributed by atoms with Crippen molar-refractivity contribution in [2.24, 2.45) is 0 Å². The molecule has 0 saturated carbocycles. The van der Waals surface area contributed by atoms with Crippen LogP contribution >= 0.6 is 11.8 Å². The molecule has 0 spiro atoms. The van der Waals surface area contributed by atoms with Crippen LogP contribution < -0.4 is 5.32 Å². The maximum atomic E-state index is 12.9. The molecular weight excluding hydrogens is 380 g/mol. The van der Waals surface area contributed by atoms with Gasteiger partial charge in [0.05, 0.1) is 11.3 Å². The zero-order chi connectivity index (χ0) is 20.1. The zero-order valence-corrected chi connectivity index (χ0v) is 17.5. The molecule has 1 saturated heterocycles. The lowest BCUT2D eigenvalue weighted by molar-refractivity contribution is -0.127. The number of nitrogens with one attached hydrogen (secondary N) is 1. The van der Waals surface area contributed by atoms with Crippen molar-refractivity contribution in [1.82, 2.24) is 10.2 Å². The first kappa shape index (κ1) is 20.0. The van der Waals surface area contributed by atoms with Crippen molar-refractivity contribution in [1.29, 1.82) is 0 Å². The number of hydrogen-bond acceptors (Lipinski definition) is 3. The highest BCUT2D eigenvalue weighted by Gasteiger charge is 2.22. The van der Waals surface area contributed by atoms with Gasteiger partial charge in [0, 0.05) is 30.4 Å². The van der Waals surface area contributed by atoms with Crippen LogP contribution in [0.25, 0.3) is 0 Å². The van der Waals surface area contributed by atoms with Gasteiger partial charge in [0.2, 0.25) is 5.91 Å². The van der Waals surface area contributed by atoms with Crippen molar-refractivity contribution in [3.63, 3.8) is 0 Å². The van der Waals surface area contributed by atoms with E-state index in [4.69, 9.17) is 0 Å². The van der Waals surface area contributed by atoms with Gasteiger partial charge < -0.3 is 10.2 Å². The molecule has 5 heteroatoms. The van der Waals surface area contributed by atoms with Gasteiger partial charge in [-0.3, -0.25) is 9.59 Å². The van der Waals surface area contributed by atoms with Gasteiger partial charge in [-0.1, -0.05) is 36.4 Å². The predicted octanol–water partition coefficient (Wildman–Crippen LogP) is 4.25. The van der Waals surface area contributed by atoms with E-state index in [0.29, 0.717) is 23.8 Å². The summed E-state index contributed by atoms with van der Waals surface area (Å²) in [7, 11) is 0. The summed E-state index contributed by atoms with van der Waals surface area (Å²) in [5, 5.41) is 3.15. The zero-order valence-electron chi connectivity index (χ0n) is 16.7. The highest BCUT2D eigenvalue weighted by Crippen LogP contribution is 2.31. The van der Waals surface area contributed by atoms with Crippen molar-refractivity contribution in [2.45, 2.75) is 42.9 Å². The Bertz CT molecular complexity index is 877. The molecule has 2 amide bonds. The Labute approximate surface area is 177 Å². The summed E-state index contributed by atoms with van der Waals surface area (Å²) in [4.78, 5) is 28.1. The summed E-state index contributed by atoms with van der Waals surface area (Å²) in [6, 6.07) is 16.2. The van der Waals surface area contributed by atoms with Gasteiger partial charge in [-0.05, 0) is 55.4 Å². The lowest BCUT2D eigenvalue weighted by atomic mass is 9.83. The van der Waals surface area contributed by atoms with Crippen molar-refractivity contribution >= 4 is 23.6 Å². The first-order chi connectivity index (χ1) is 14.2. The number of likely N-dealkylation sites (tertiary alicyclic amines) is 1. The predicted molar refractivity (Wildman–Crippen MR) is 117 cm³/mol. The van der Waals surface area contributed by atoms with E-state index in [9.17, 15) is 9.59 Å². The fraction of sp³-hybridized carbons (Fsp3) is 0.417. The van der Waals surface area contributed by atoms with Gasteiger partial charge in [0.25, 0.3) is 5.91 Å². The van der Waals surface area contributed by atoms with Crippen LogP contribution in [0.4, 0.5) is 0 Å². The molecule has 0 bridgehead atoms. The van der Waals surface area contributed by atoms with E-state index in [1.165, 1.54) is 29.3 Å². The number of thioether (sulfide) groups is 1. The van der Waals surface area contributed by atoms with Crippen molar-refractivity contribution in [2.75, 3.05) is 25.4 Å². The highest BCUT2D eigenvalue weighted by atomic mass is 32.2. The molecule has 0 radical (unpaired) electrons. The Morgan fingerprint density at radius 3 is 2.62 bits per heavy atom. The number of carbonyl (C=O) groups is 2. The molecule has 1 fully saturated rings. The van der Waals surface area contributed by atoms with E-state index in [1.807, 2.05) is 29.2 Å². The number of aryl methyl sites for hydroxylation is 1. The van der Waals surface area contributed by atoms with Gasteiger partial charge in [-0.2, -0.15) is 0 Å². The molecule has 1 aliphatic carbocycles. The number of hydrogen-bond donors (Lipinski definition) is 1. The molecule has 1 aliphatic heterocycles. The van der Waals surface area contributed by atoms with Crippen LogP contribution in [0.3, 0.4) is 0 Å². The van der Waals surface area contributed by atoms with E-state index < -0.39 is 0 Å². The van der Waals surface area contributed by atoms with Crippen molar-refractivity contribution in [3.8, 4) is 0 Å². The molecule has 1 atom stereocenters. The normalized spacial score (nSPS) is 18.3. The van der Waals surface area contributed by atoms with Crippen LogP contribution in [0.1, 0.15) is 53.1 Å². The van der Waals surface area contributed by atoms with E-state index >= 15 is 0 Å². The fourth-order valence-corrected chi connectivity index (χ4v) is 5.31. The molecule has 2 aromatic carbocycles. The quantitative estimate of drug-likeness (QED) is 0.727. The Hall–Kier alpha value is -2.27. The molecule has 1 heterocycles. The number of rotatable bonds is 6. The number of nitrogens with zero attached hydrogens (tertiary/aromatic N) is 1. The van der Waals surface area contributed by atoms with Gasteiger partial charge in [0.1, 0.15) is 0 Å².